The van der Waals surface area contributed by atoms with Crippen molar-refractivity contribution in [3.8, 4) is 0 Å². The van der Waals surface area contributed by atoms with E-state index in [1.165, 1.54) is 11.3 Å². The summed E-state index contributed by atoms with van der Waals surface area (Å²) in [4.78, 5) is 30.4. The number of aliphatic hydroxyl groups is 3. The predicted molar refractivity (Wildman–Crippen MR) is 136 cm³/mol. The van der Waals surface area contributed by atoms with Crippen LogP contribution in [0.25, 0.3) is 6.08 Å². The summed E-state index contributed by atoms with van der Waals surface area (Å²) in [7, 11) is 0. The Morgan fingerprint density at radius 1 is 1.20 bits per heavy atom. The Labute approximate surface area is 212 Å². The number of carbonyl (C=O) groups excluding carboxylic acids is 2. The number of thiazole rings is 1. The number of ketones is 1. The number of esters is 1. The molecule has 8 nitrogen and oxygen atoms in total. The molecule has 2 rings (SSSR count). The number of aliphatic hydroxyl groups excluding tert-OH is 3. The molecule has 1 aromatic rings. The van der Waals surface area contributed by atoms with E-state index in [1.54, 1.807) is 20.8 Å². The lowest BCUT2D eigenvalue weighted by Crippen LogP contribution is -2.45. The van der Waals surface area contributed by atoms with Gasteiger partial charge in [0, 0.05) is 17.8 Å². The normalized spacial score (nSPS) is 32.3. The highest BCUT2D eigenvalue weighted by Crippen LogP contribution is 2.32. The Kier molecular flexibility index (Phi) is 11.0. The monoisotopic (exact) mass is 510 g/mol. The first-order valence-electron chi connectivity index (χ1n) is 12.5. The third kappa shape index (κ3) is 8.18. The van der Waals surface area contributed by atoms with E-state index in [1.807, 2.05) is 25.3 Å². The summed E-state index contributed by atoms with van der Waals surface area (Å²) in [6.07, 6.45) is 0.964. The Hall–Kier alpha value is -1.65. The molecule has 0 aliphatic carbocycles. The number of carbonyl (C=O) groups is 2. The van der Waals surface area contributed by atoms with Gasteiger partial charge < -0.3 is 25.8 Å². The van der Waals surface area contributed by atoms with E-state index in [0.29, 0.717) is 38.6 Å². The van der Waals surface area contributed by atoms with Gasteiger partial charge in [0.2, 0.25) is 0 Å². The molecule has 0 aromatic carbocycles. The zero-order valence-corrected chi connectivity index (χ0v) is 22.4. The van der Waals surface area contributed by atoms with E-state index >= 15 is 0 Å². The van der Waals surface area contributed by atoms with Crippen molar-refractivity contribution in [2.75, 3.05) is 0 Å². The van der Waals surface area contributed by atoms with Crippen LogP contribution in [0.15, 0.2) is 11.0 Å². The molecule has 0 radical (unpaired) electrons. The fourth-order valence-corrected chi connectivity index (χ4v) is 5.18. The van der Waals surface area contributed by atoms with Crippen LogP contribution < -0.4 is 5.73 Å². The van der Waals surface area contributed by atoms with Crippen LogP contribution in [-0.4, -0.2) is 56.5 Å². The molecule has 0 spiro atoms. The number of hydrogen-bond acceptors (Lipinski definition) is 9. The first-order chi connectivity index (χ1) is 16.4. The highest BCUT2D eigenvalue weighted by Gasteiger charge is 2.42. The van der Waals surface area contributed by atoms with Crippen molar-refractivity contribution in [2.45, 2.75) is 104 Å². The van der Waals surface area contributed by atoms with Crippen molar-refractivity contribution in [2.24, 2.45) is 23.0 Å². The van der Waals surface area contributed by atoms with E-state index in [4.69, 9.17) is 10.5 Å². The highest BCUT2D eigenvalue weighted by atomic mass is 32.1. The molecule has 6 atom stereocenters. The van der Waals surface area contributed by atoms with Crippen LogP contribution in [0.1, 0.15) is 83.8 Å². The van der Waals surface area contributed by atoms with E-state index in [2.05, 4.69) is 4.98 Å². The van der Waals surface area contributed by atoms with Gasteiger partial charge in [-0.15, -0.1) is 11.3 Å². The summed E-state index contributed by atoms with van der Waals surface area (Å²) in [5.74, 6) is -1.75. The standard InChI is InChI=1S/C26H42N2O6S/c1-15-7-6-8-19(29)9-10-20(16(2)11-18-14-35-22(13-27)28-18)34-23(31)12-21(30)26(4,5)25(33)17(3)24(15)32/h11,14-15,17,19-21,24,29-30,32H,6-10,12-13,27H2,1-5H3/b16-11+/t15-,17+,19+,20-,21-,24?/m0/s1. The van der Waals surface area contributed by atoms with Gasteiger partial charge in [0.05, 0.1) is 35.8 Å². The molecule has 1 aliphatic heterocycles. The molecule has 0 bridgehead atoms. The molecule has 198 valence electrons. The third-order valence-corrected chi connectivity index (χ3v) is 8.09. The lowest BCUT2D eigenvalue weighted by Gasteiger charge is -2.34. The molecule has 2 heterocycles. The number of rotatable bonds is 3. The van der Waals surface area contributed by atoms with Gasteiger partial charge in [-0.05, 0) is 50.2 Å². The largest absolute Gasteiger partial charge is 0.458 e. The average molecular weight is 511 g/mol. The van der Waals surface area contributed by atoms with Crippen LogP contribution in [0.4, 0.5) is 0 Å². The van der Waals surface area contributed by atoms with Crippen LogP contribution in [-0.2, 0) is 20.9 Å². The number of nitrogens with zero attached hydrogens (tertiary/aromatic N) is 1. The number of nitrogens with two attached hydrogens (primary N) is 1. The maximum Gasteiger partial charge on any atom is 0.309 e. The summed E-state index contributed by atoms with van der Waals surface area (Å²) in [5, 5.41) is 34.7. The first kappa shape index (κ1) is 29.6. The fourth-order valence-electron chi connectivity index (χ4n) is 4.54. The molecule has 1 fully saturated rings. The third-order valence-electron chi connectivity index (χ3n) is 7.20. The quantitative estimate of drug-likeness (QED) is 0.454. The van der Waals surface area contributed by atoms with Crippen molar-refractivity contribution < 1.29 is 29.6 Å². The number of hydrogen-bond donors (Lipinski definition) is 4. The molecule has 1 unspecified atom stereocenters. The highest BCUT2D eigenvalue weighted by molar-refractivity contribution is 7.09. The molecule has 9 heteroatoms. The van der Waals surface area contributed by atoms with Gasteiger partial charge in [-0.3, -0.25) is 9.59 Å². The second-order valence-electron chi connectivity index (χ2n) is 10.5. The van der Waals surface area contributed by atoms with Crippen LogP contribution in [0, 0.1) is 17.3 Å². The molecule has 1 aliphatic rings. The van der Waals surface area contributed by atoms with E-state index in [9.17, 15) is 24.9 Å². The van der Waals surface area contributed by atoms with E-state index < -0.39 is 41.7 Å². The van der Waals surface area contributed by atoms with Crippen molar-refractivity contribution in [1.82, 2.24) is 4.98 Å². The average Bonchev–Trinajstić information content (AvgIpc) is 3.26. The smallest absolute Gasteiger partial charge is 0.309 e. The van der Waals surface area contributed by atoms with Gasteiger partial charge in [0.25, 0.3) is 0 Å². The first-order valence-corrected chi connectivity index (χ1v) is 13.3. The summed E-state index contributed by atoms with van der Waals surface area (Å²) in [6, 6.07) is 0. The zero-order valence-electron chi connectivity index (χ0n) is 21.6. The molecule has 5 N–H and O–H groups in total. The zero-order chi connectivity index (χ0) is 26.3. The molecular formula is C26H42N2O6S. The van der Waals surface area contributed by atoms with Crippen LogP contribution in [0.5, 0.6) is 0 Å². The maximum atomic E-state index is 13.2. The van der Waals surface area contributed by atoms with Gasteiger partial charge in [-0.1, -0.05) is 34.1 Å². The van der Waals surface area contributed by atoms with Crippen molar-refractivity contribution in [1.29, 1.82) is 0 Å². The Morgan fingerprint density at radius 2 is 1.89 bits per heavy atom. The minimum absolute atomic E-state index is 0.138. The van der Waals surface area contributed by atoms with E-state index in [-0.39, 0.29) is 18.1 Å². The Morgan fingerprint density at radius 3 is 2.51 bits per heavy atom. The lowest BCUT2D eigenvalue weighted by molar-refractivity contribution is -0.154. The fraction of sp³-hybridized carbons (Fsp3) is 0.731. The molecule has 0 amide bonds. The van der Waals surface area contributed by atoms with Gasteiger partial charge >= 0.3 is 5.97 Å². The predicted octanol–water partition coefficient (Wildman–Crippen LogP) is 3.22. The SMILES string of the molecule is C/C(=C\c1csc(CN)n1)[C@@H]1CC[C@H](O)CCC[C@H](C)C(O)[C@@H](C)C(=O)C(C)(C)[C@@H](O)CC(=O)O1. The second-order valence-corrected chi connectivity index (χ2v) is 11.4. The molecule has 35 heavy (non-hydrogen) atoms. The number of ether oxygens (including phenoxy) is 1. The van der Waals surface area contributed by atoms with Crippen molar-refractivity contribution in [3.05, 3.63) is 21.7 Å². The van der Waals surface area contributed by atoms with Crippen molar-refractivity contribution in [3.63, 3.8) is 0 Å². The summed E-state index contributed by atoms with van der Waals surface area (Å²) >= 11 is 1.46. The summed E-state index contributed by atoms with van der Waals surface area (Å²) in [5.41, 5.74) is 5.92. The van der Waals surface area contributed by atoms with Gasteiger partial charge in [-0.2, -0.15) is 0 Å². The van der Waals surface area contributed by atoms with Gasteiger partial charge in [-0.25, -0.2) is 4.98 Å². The topological polar surface area (TPSA) is 143 Å². The lowest BCUT2D eigenvalue weighted by atomic mass is 9.73. The molecule has 1 aromatic heterocycles. The minimum atomic E-state index is -1.26. The number of Topliss-reactive ketones (excluding diaryl/α,β-unsaturated/α-hetero) is 1. The second kappa shape index (κ2) is 13.1. The molecule has 0 saturated carbocycles. The number of aromatic nitrogens is 1. The number of cyclic esters (lactones) is 1. The van der Waals surface area contributed by atoms with Crippen LogP contribution in [0.2, 0.25) is 0 Å². The van der Waals surface area contributed by atoms with Crippen molar-refractivity contribution >= 4 is 29.2 Å². The summed E-state index contributed by atoms with van der Waals surface area (Å²) in [6.45, 7) is 8.94. The minimum Gasteiger partial charge on any atom is -0.458 e. The maximum absolute atomic E-state index is 13.2. The van der Waals surface area contributed by atoms with Crippen LogP contribution >= 0.6 is 11.3 Å². The Balaban J connectivity index is 2.27. The Bertz CT molecular complexity index is 883. The van der Waals surface area contributed by atoms with Crippen LogP contribution in [0.3, 0.4) is 0 Å². The molecular weight excluding hydrogens is 468 g/mol. The summed E-state index contributed by atoms with van der Waals surface area (Å²) < 4.78 is 5.74. The molecule has 1 saturated heterocycles. The van der Waals surface area contributed by atoms with Gasteiger partial charge in [0.1, 0.15) is 16.9 Å². The van der Waals surface area contributed by atoms with E-state index in [0.717, 1.165) is 16.3 Å². The van der Waals surface area contributed by atoms with Gasteiger partial charge in [0.15, 0.2) is 0 Å².